The number of hydrogen-bond donors (Lipinski definition) is 0. The van der Waals surface area contributed by atoms with Gasteiger partial charge in [0.15, 0.2) is 9.84 Å². The molecule has 0 saturated carbocycles. The Labute approximate surface area is 419 Å². The fourth-order valence-corrected chi connectivity index (χ4v) is 15.6. The largest absolute Gasteiger partial charge is 0.228 e. The highest BCUT2D eigenvalue weighted by molar-refractivity contribution is 9.11. The van der Waals surface area contributed by atoms with Crippen molar-refractivity contribution in [3.63, 3.8) is 0 Å². The SMILES string of the molecule is CC(C)(C)C1CCCc2ccc(Br)cc21.CC(C)(C)C1CCSc2ccc(Br)cc21.CC(C)(C)C1CS(=O)(=O)Cc2ccc(Br)cc21.CC(C)(C)C1CSCc2ccc(Br)cc21. The predicted molar refractivity (Wildman–Crippen MR) is 287 cm³/mol. The molecule has 0 bridgehead atoms. The van der Waals surface area contributed by atoms with E-state index in [1.807, 2.05) is 23.9 Å². The zero-order valence-corrected chi connectivity index (χ0v) is 47.9. The molecule has 0 spiro atoms. The van der Waals surface area contributed by atoms with E-state index < -0.39 is 9.84 Å². The summed E-state index contributed by atoms with van der Waals surface area (Å²) in [5.41, 5.74) is 11.0. The number of fused-ring (bicyclic) bond motifs is 4. The predicted octanol–water partition coefficient (Wildman–Crippen LogP) is 18.3. The molecule has 2 nitrogen and oxygen atoms in total. The molecule has 8 rings (SSSR count). The van der Waals surface area contributed by atoms with Gasteiger partial charge in [-0.2, -0.15) is 11.8 Å². The summed E-state index contributed by atoms with van der Waals surface area (Å²) < 4.78 is 28.5. The molecule has 3 heterocycles. The molecule has 0 fully saturated rings. The molecule has 62 heavy (non-hydrogen) atoms. The molecule has 0 saturated heterocycles. The molecule has 9 heteroatoms. The minimum atomic E-state index is -2.96. The molecule has 0 radical (unpaired) electrons. The third-order valence-electron chi connectivity index (χ3n) is 12.9. The fraction of sp³-hybridized carbons (Fsp3) is 0.547. The lowest BCUT2D eigenvalue weighted by Crippen LogP contribution is -2.32. The molecule has 4 aromatic carbocycles. The van der Waals surface area contributed by atoms with E-state index in [4.69, 9.17) is 0 Å². The van der Waals surface area contributed by atoms with E-state index in [1.54, 1.807) is 16.7 Å². The Morgan fingerprint density at radius 3 is 1.48 bits per heavy atom. The van der Waals surface area contributed by atoms with E-state index in [9.17, 15) is 8.42 Å². The standard InChI is InChI=1S/C14H19Br.C13H17BrO2S.2C13H17BrS/c1-14(2,3)13-6-4-5-10-7-8-11(15)9-12(10)13;1-13(2,3)12-8-17(15,16)7-9-4-5-10(14)6-11(9)12;1-13(2,3)12-8-15-7-9-4-5-10(14)6-11(9)12;1-13(2,3)11-6-7-15-12-5-4-9(14)8-10(11)12/h7-9,13H,4-6H2,1-3H3;4-6,12H,7-8H2,1-3H3;4-6,12H,7-8H2,1-3H3;4-5,8,11H,6-7H2,1-3H3. The van der Waals surface area contributed by atoms with Crippen molar-refractivity contribution in [3.05, 3.63) is 130 Å². The van der Waals surface area contributed by atoms with E-state index in [1.165, 1.54) is 77.9 Å². The molecule has 4 unspecified atom stereocenters. The molecule has 0 aromatic heterocycles. The number of hydrogen-bond acceptors (Lipinski definition) is 4. The number of benzene rings is 4. The molecule has 4 aromatic rings. The van der Waals surface area contributed by atoms with Gasteiger partial charge in [-0.15, -0.1) is 11.8 Å². The van der Waals surface area contributed by atoms with E-state index in [-0.39, 0.29) is 22.8 Å². The van der Waals surface area contributed by atoms with Crippen LogP contribution < -0.4 is 0 Å². The summed E-state index contributed by atoms with van der Waals surface area (Å²) in [5, 5.41) is 0. The Kier molecular flexibility index (Phi) is 17.9. The minimum absolute atomic E-state index is 0.0387. The summed E-state index contributed by atoms with van der Waals surface area (Å²) in [5.74, 6) is 6.32. The lowest BCUT2D eigenvalue weighted by atomic mass is 9.69. The van der Waals surface area contributed by atoms with E-state index in [2.05, 4.69) is 219 Å². The maximum Gasteiger partial charge on any atom is 0.155 e. The van der Waals surface area contributed by atoms with Crippen molar-refractivity contribution < 1.29 is 8.42 Å². The van der Waals surface area contributed by atoms with Crippen LogP contribution in [0.25, 0.3) is 0 Å². The second-order valence-corrected chi connectivity index (χ2v) is 29.9. The van der Waals surface area contributed by atoms with Crippen molar-refractivity contribution in [2.24, 2.45) is 21.7 Å². The zero-order chi connectivity index (χ0) is 46.0. The van der Waals surface area contributed by atoms with Gasteiger partial charge in [0.05, 0.1) is 11.5 Å². The smallest absolute Gasteiger partial charge is 0.155 e. The maximum atomic E-state index is 11.9. The van der Waals surface area contributed by atoms with Gasteiger partial charge < -0.3 is 0 Å². The van der Waals surface area contributed by atoms with Gasteiger partial charge in [-0.3, -0.25) is 0 Å². The minimum Gasteiger partial charge on any atom is -0.228 e. The Hall–Kier alpha value is -0.550. The van der Waals surface area contributed by atoms with Crippen LogP contribution in [-0.4, -0.2) is 25.7 Å². The molecule has 4 aliphatic rings. The van der Waals surface area contributed by atoms with Crippen molar-refractivity contribution >= 4 is 97.1 Å². The average molecular weight is 1150 g/mol. The van der Waals surface area contributed by atoms with Crippen LogP contribution in [0.1, 0.15) is 165 Å². The molecule has 0 amide bonds. The Morgan fingerprint density at radius 1 is 0.516 bits per heavy atom. The van der Waals surface area contributed by atoms with Crippen LogP contribution in [0.5, 0.6) is 0 Å². The summed E-state index contributed by atoms with van der Waals surface area (Å²) in [7, 11) is -2.96. The number of rotatable bonds is 0. The van der Waals surface area contributed by atoms with Crippen LogP contribution >= 0.6 is 87.2 Å². The number of halogens is 4. The molecule has 3 aliphatic heterocycles. The zero-order valence-electron chi connectivity index (χ0n) is 39.2. The van der Waals surface area contributed by atoms with Gasteiger partial charge in [-0.25, -0.2) is 8.42 Å². The lowest BCUT2D eigenvalue weighted by molar-refractivity contribution is 0.289. The monoisotopic (exact) mass is 1150 g/mol. The van der Waals surface area contributed by atoms with Gasteiger partial charge in [0.2, 0.25) is 0 Å². The topological polar surface area (TPSA) is 34.1 Å². The first-order valence-corrected chi connectivity index (χ1v) is 29.3. The van der Waals surface area contributed by atoms with Gasteiger partial charge >= 0.3 is 0 Å². The van der Waals surface area contributed by atoms with Crippen molar-refractivity contribution in [3.8, 4) is 0 Å². The first-order chi connectivity index (χ1) is 28.6. The van der Waals surface area contributed by atoms with Crippen molar-refractivity contribution in [2.75, 3.05) is 17.3 Å². The van der Waals surface area contributed by atoms with Gasteiger partial charge in [-0.1, -0.05) is 165 Å². The van der Waals surface area contributed by atoms with Crippen LogP contribution in [0.2, 0.25) is 0 Å². The number of sulfone groups is 1. The van der Waals surface area contributed by atoms with Gasteiger partial charge in [0.1, 0.15) is 0 Å². The lowest BCUT2D eigenvalue weighted by Gasteiger charge is -2.36. The summed E-state index contributed by atoms with van der Waals surface area (Å²) in [4.78, 5) is 1.48. The first kappa shape index (κ1) is 52.4. The van der Waals surface area contributed by atoms with Gasteiger partial charge in [0.25, 0.3) is 0 Å². The highest BCUT2D eigenvalue weighted by atomic mass is 79.9. The van der Waals surface area contributed by atoms with Gasteiger partial charge in [-0.05, 0) is 164 Å². The van der Waals surface area contributed by atoms with Gasteiger partial charge in [0, 0.05) is 40.2 Å². The van der Waals surface area contributed by atoms with E-state index in [0.717, 1.165) is 16.0 Å². The Balaban J connectivity index is 0.000000156. The average Bonchev–Trinajstić information content (AvgIpc) is 3.16. The summed E-state index contributed by atoms with van der Waals surface area (Å²) >= 11 is 18.3. The second-order valence-electron chi connectivity index (χ2n) is 22.0. The molecular weight excluding hydrogens is 1080 g/mol. The Morgan fingerprint density at radius 2 is 0.952 bits per heavy atom. The van der Waals surface area contributed by atoms with Crippen LogP contribution in [0.15, 0.2) is 95.6 Å². The van der Waals surface area contributed by atoms with E-state index in [0.29, 0.717) is 28.1 Å². The van der Waals surface area contributed by atoms with Crippen molar-refractivity contribution in [1.29, 1.82) is 0 Å². The molecule has 1 aliphatic carbocycles. The number of thioether (sulfide) groups is 2. The van der Waals surface area contributed by atoms with Crippen LogP contribution in [0.4, 0.5) is 0 Å². The summed E-state index contributed by atoms with van der Waals surface area (Å²) in [6, 6.07) is 26.1. The van der Waals surface area contributed by atoms with Crippen molar-refractivity contribution in [2.45, 2.75) is 149 Å². The molecular formula is C53H70Br4O2S3. The first-order valence-electron chi connectivity index (χ1n) is 22.2. The Bertz CT molecular complexity index is 2100. The quantitative estimate of drug-likeness (QED) is 0.176. The normalized spacial score (nSPS) is 21.7. The van der Waals surface area contributed by atoms with Crippen molar-refractivity contribution in [1.82, 2.24) is 0 Å². The van der Waals surface area contributed by atoms with Crippen LogP contribution in [0.3, 0.4) is 0 Å². The molecule has 340 valence electrons. The highest BCUT2D eigenvalue weighted by Crippen LogP contribution is 2.48. The third kappa shape index (κ3) is 14.2. The summed E-state index contributed by atoms with van der Waals surface area (Å²) in [6.45, 7) is 27.4. The molecule has 4 atom stereocenters. The van der Waals surface area contributed by atoms with E-state index >= 15 is 0 Å². The van der Waals surface area contributed by atoms with Crippen LogP contribution in [-0.2, 0) is 27.8 Å². The summed E-state index contributed by atoms with van der Waals surface area (Å²) in [6.07, 6.45) is 5.25. The molecule has 0 N–H and O–H groups in total. The van der Waals surface area contributed by atoms with Crippen LogP contribution in [0, 0.1) is 21.7 Å². The maximum absolute atomic E-state index is 11.9. The number of aryl methyl sites for hydroxylation is 1. The fourth-order valence-electron chi connectivity index (χ4n) is 9.43. The highest BCUT2D eigenvalue weighted by Gasteiger charge is 2.37. The third-order valence-corrected chi connectivity index (χ3v) is 18.7. The second kappa shape index (κ2) is 21.2.